The number of halogens is 2. The number of ether oxygens (including phenoxy) is 1. The van der Waals surface area contributed by atoms with E-state index in [2.05, 4.69) is 103 Å². The van der Waals surface area contributed by atoms with Crippen LogP contribution in [0.25, 0.3) is 0 Å². The Balaban J connectivity index is 1.21. The zero-order chi connectivity index (χ0) is 23.0. The van der Waals surface area contributed by atoms with Crippen LogP contribution < -0.4 is 20.7 Å². The second-order valence-corrected chi connectivity index (χ2v) is 10.9. The van der Waals surface area contributed by atoms with E-state index < -0.39 is 0 Å². The van der Waals surface area contributed by atoms with Crippen molar-refractivity contribution in [2.75, 3.05) is 25.4 Å². The highest BCUT2D eigenvalue weighted by atomic mass is 79.9. The molecule has 4 rings (SSSR count). The van der Waals surface area contributed by atoms with Crippen LogP contribution in [0.5, 0.6) is 5.75 Å². The third kappa shape index (κ3) is 7.15. The van der Waals surface area contributed by atoms with Gasteiger partial charge in [0.1, 0.15) is 11.6 Å². The summed E-state index contributed by atoms with van der Waals surface area (Å²) in [6.45, 7) is 5.35. The van der Waals surface area contributed by atoms with Crippen LogP contribution in [0, 0.1) is 6.92 Å². The summed E-state index contributed by atoms with van der Waals surface area (Å²) in [6, 6.07) is 12.8. The summed E-state index contributed by atoms with van der Waals surface area (Å²) in [5.41, 5.74) is 4.95. The number of aryl methyl sites for hydroxylation is 1. The van der Waals surface area contributed by atoms with E-state index in [1.54, 1.807) is 0 Å². The molecule has 0 saturated carbocycles. The number of hydrogen-bond acceptors (Lipinski definition) is 5. The first-order valence-corrected chi connectivity index (χ1v) is 13.8. The molecule has 0 saturated heterocycles. The molecule has 0 aromatic heterocycles. The van der Waals surface area contributed by atoms with Gasteiger partial charge in [0.15, 0.2) is 0 Å². The van der Waals surface area contributed by atoms with Gasteiger partial charge in [0, 0.05) is 40.2 Å². The van der Waals surface area contributed by atoms with Crippen molar-refractivity contribution in [2.45, 2.75) is 26.3 Å². The van der Waals surface area contributed by atoms with Crippen molar-refractivity contribution < 1.29 is 4.74 Å². The Morgan fingerprint density at radius 1 is 1.09 bits per heavy atom. The van der Waals surface area contributed by atoms with Crippen molar-refractivity contribution in [1.29, 1.82) is 0 Å². The summed E-state index contributed by atoms with van der Waals surface area (Å²) in [4.78, 5) is 1.33. The molecule has 4 nitrogen and oxygen atoms in total. The van der Waals surface area contributed by atoms with Crippen LogP contribution in [0.2, 0.25) is 0 Å². The number of nitrogens with one attached hydrogen (secondary N) is 3. The van der Waals surface area contributed by atoms with Crippen LogP contribution in [0.4, 0.5) is 0 Å². The number of rotatable bonds is 11. The van der Waals surface area contributed by atoms with Gasteiger partial charge in [0.05, 0.1) is 16.8 Å². The van der Waals surface area contributed by atoms with E-state index in [1.807, 2.05) is 17.8 Å². The maximum atomic E-state index is 6.20. The van der Waals surface area contributed by atoms with Crippen molar-refractivity contribution >= 4 is 43.6 Å². The number of fused-ring (bicyclic) bond motifs is 1. The van der Waals surface area contributed by atoms with E-state index in [4.69, 9.17) is 4.74 Å². The van der Waals surface area contributed by atoms with E-state index in [9.17, 15) is 0 Å². The zero-order valence-electron chi connectivity index (χ0n) is 18.7. The fourth-order valence-corrected chi connectivity index (χ4v) is 6.00. The molecular formula is C26H29Br2N3OS. The molecule has 2 aliphatic heterocycles. The quantitative estimate of drug-likeness (QED) is 0.273. The Morgan fingerprint density at radius 2 is 1.94 bits per heavy atom. The molecule has 33 heavy (non-hydrogen) atoms. The third-order valence-electron chi connectivity index (χ3n) is 5.47. The smallest absolute Gasteiger partial charge is 0.138 e. The van der Waals surface area contributed by atoms with Crippen molar-refractivity contribution in [1.82, 2.24) is 16.0 Å². The van der Waals surface area contributed by atoms with Crippen LogP contribution in [-0.2, 0) is 13.0 Å². The average Bonchev–Trinajstić information content (AvgIpc) is 3.27. The summed E-state index contributed by atoms with van der Waals surface area (Å²) in [6.07, 6.45) is 8.46. The van der Waals surface area contributed by atoms with Crippen molar-refractivity contribution in [3.8, 4) is 5.75 Å². The molecule has 0 fully saturated rings. The van der Waals surface area contributed by atoms with Crippen molar-refractivity contribution in [3.63, 3.8) is 0 Å². The Bertz CT molecular complexity index is 1060. The van der Waals surface area contributed by atoms with Crippen molar-refractivity contribution in [2.24, 2.45) is 0 Å². The van der Waals surface area contributed by atoms with Crippen LogP contribution in [0.1, 0.15) is 23.1 Å². The van der Waals surface area contributed by atoms with Crippen LogP contribution in [-0.4, -0.2) is 25.4 Å². The summed E-state index contributed by atoms with van der Waals surface area (Å²) in [7, 11) is 0. The second kappa shape index (κ2) is 12.2. The van der Waals surface area contributed by atoms with Gasteiger partial charge >= 0.3 is 0 Å². The monoisotopic (exact) mass is 589 g/mol. The fourth-order valence-electron chi connectivity index (χ4n) is 3.68. The van der Waals surface area contributed by atoms with Crippen LogP contribution in [0.15, 0.2) is 80.0 Å². The lowest BCUT2D eigenvalue weighted by Crippen LogP contribution is -2.29. The molecule has 174 valence electrons. The van der Waals surface area contributed by atoms with E-state index in [0.717, 1.165) is 64.3 Å². The highest BCUT2D eigenvalue weighted by Gasteiger charge is 2.15. The molecule has 0 atom stereocenters. The molecule has 0 radical (unpaired) electrons. The normalized spacial score (nSPS) is 14.7. The minimum absolute atomic E-state index is 0.646. The first-order chi connectivity index (χ1) is 16.1. The Kier molecular flexibility index (Phi) is 9.01. The molecule has 0 aliphatic carbocycles. The number of thioether (sulfide) groups is 1. The van der Waals surface area contributed by atoms with E-state index >= 15 is 0 Å². The van der Waals surface area contributed by atoms with Gasteiger partial charge < -0.3 is 20.7 Å². The van der Waals surface area contributed by atoms with Gasteiger partial charge in [0.2, 0.25) is 0 Å². The molecule has 0 bridgehead atoms. The lowest BCUT2D eigenvalue weighted by atomic mass is 10.1. The van der Waals surface area contributed by atoms with Gasteiger partial charge in [-0.3, -0.25) is 0 Å². The molecule has 2 aromatic rings. The van der Waals surface area contributed by atoms with Crippen LogP contribution in [0.3, 0.4) is 0 Å². The maximum Gasteiger partial charge on any atom is 0.138 e. The summed E-state index contributed by atoms with van der Waals surface area (Å²) >= 11 is 9.16. The molecule has 0 spiro atoms. The van der Waals surface area contributed by atoms with Gasteiger partial charge in [-0.05, 0) is 71.7 Å². The third-order valence-corrected chi connectivity index (χ3v) is 7.51. The minimum Gasteiger partial charge on any atom is -0.492 e. The van der Waals surface area contributed by atoms with Gasteiger partial charge in [-0.1, -0.05) is 45.8 Å². The number of dihydropyridines is 1. The maximum absolute atomic E-state index is 6.20. The molecule has 7 heteroatoms. The molecule has 2 aromatic carbocycles. The van der Waals surface area contributed by atoms with Gasteiger partial charge in [-0.2, -0.15) is 0 Å². The summed E-state index contributed by atoms with van der Waals surface area (Å²) in [5, 5.41) is 10.5. The standard InChI is InChI=1S/C26H29Br2N3OS/c1-18-3-5-19(6-4-18)9-13-32-26-20(15-21(27)16-22(26)28)17-29-11-2-12-30-25-8-7-24-23(31-25)10-14-33-24/h3-8,10,15-16,29-31H,2,9,11-14,17H2,1H3. The molecule has 3 N–H and O–H groups in total. The molecule has 2 heterocycles. The van der Waals surface area contributed by atoms with Crippen LogP contribution >= 0.6 is 43.6 Å². The Labute approximate surface area is 217 Å². The lowest BCUT2D eigenvalue weighted by molar-refractivity contribution is 0.315. The zero-order valence-corrected chi connectivity index (χ0v) is 22.7. The number of allylic oxidation sites excluding steroid dienone is 2. The number of hydrogen-bond donors (Lipinski definition) is 3. The Hall–Kier alpha value is -1.67. The largest absolute Gasteiger partial charge is 0.492 e. The SMILES string of the molecule is Cc1ccc(CCOc2c(Br)cc(Br)cc2CNCCCNC2=CC=C3SCC=C3N2)cc1. The number of benzene rings is 2. The second-order valence-electron chi connectivity index (χ2n) is 8.08. The molecular weight excluding hydrogens is 562 g/mol. The minimum atomic E-state index is 0.646. The average molecular weight is 591 g/mol. The Morgan fingerprint density at radius 3 is 2.79 bits per heavy atom. The fraction of sp³-hybridized carbons (Fsp3) is 0.308. The van der Waals surface area contributed by atoms with Crippen molar-refractivity contribution in [3.05, 3.63) is 96.7 Å². The first kappa shape index (κ1) is 24.5. The van der Waals surface area contributed by atoms with Gasteiger partial charge in [0.25, 0.3) is 0 Å². The predicted octanol–water partition coefficient (Wildman–Crippen LogP) is 6.17. The predicted molar refractivity (Wildman–Crippen MR) is 146 cm³/mol. The van der Waals surface area contributed by atoms with E-state index in [-0.39, 0.29) is 0 Å². The van der Waals surface area contributed by atoms with E-state index in [0.29, 0.717) is 6.61 Å². The summed E-state index contributed by atoms with van der Waals surface area (Å²) in [5.74, 6) is 3.05. The van der Waals surface area contributed by atoms with Gasteiger partial charge in [-0.25, -0.2) is 0 Å². The molecule has 0 amide bonds. The summed E-state index contributed by atoms with van der Waals surface area (Å²) < 4.78 is 8.22. The first-order valence-electron chi connectivity index (χ1n) is 11.2. The highest BCUT2D eigenvalue weighted by molar-refractivity contribution is 9.11. The molecule has 0 unspecified atom stereocenters. The van der Waals surface area contributed by atoms with Gasteiger partial charge in [-0.15, -0.1) is 11.8 Å². The van der Waals surface area contributed by atoms with E-state index in [1.165, 1.54) is 21.7 Å². The topological polar surface area (TPSA) is 45.3 Å². The lowest BCUT2D eigenvalue weighted by Gasteiger charge is -2.18. The highest BCUT2D eigenvalue weighted by Crippen LogP contribution is 2.33. The molecule has 2 aliphatic rings.